The van der Waals surface area contributed by atoms with Gasteiger partial charge in [-0.3, -0.25) is 14.8 Å². The van der Waals surface area contributed by atoms with Crippen molar-refractivity contribution in [2.45, 2.75) is 19.3 Å². The van der Waals surface area contributed by atoms with E-state index in [0.29, 0.717) is 0 Å². The number of sulfonamides is 1. The molecule has 0 saturated carbocycles. The van der Waals surface area contributed by atoms with Crippen molar-refractivity contribution in [3.05, 3.63) is 22.2 Å². The Morgan fingerprint density at radius 3 is 2.52 bits per heavy atom. The second-order valence-electron chi connectivity index (χ2n) is 4.13. The van der Waals surface area contributed by atoms with Crippen molar-refractivity contribution >= 4 is 21.5 Å². The van der Waals surface area contributed by atoms with Crippen LogP contribution in [-0.2, 0) is 10.0 Å². The Balaban J connectivity index is 3.07. The largest absolute Gasteiger partial charge is 0.471 e. The maximum absolute atomic E-state index is 12.7. The van der Waals surface area contributed by atoms with E-state index in [1.807, 2.05) is 0 Å². The zero-order valence-electron chi connectivity index (χ0n) is 11.5. The molecule has 0 saturated heterocycles. The Bertz CT molecular complexity index is 683. The first-order chi connectivity index (χ1) is 10.5. The average molecular weight is 361 g/mol. The predicted molar refractivity (Wildman–Crippen MR) is 70.4 cm³/mol. The number of pyridine rings is 1. The van der Waals surface area contributed by atoms with Crippen LogP contribution < -0.4 is 9.46 Å². The zero-order chi connectivity index (χ0) is 17.8. The summed E-state index contributed by atoms with van der Waals surface area (Å²) in [4.78, 5) is 13.2. The van der Waals surface area contributed by atoms with Gasteiger partial charge < -0.3 is 4.74 Å². The smallest absolute Gasteiger partial charge is 0.340 e. The highest BCUT2D eigenvalue weighted by atomic mass is 32.2. The summed E-state index contributed by atoms with van der Waals surface area (Å²) in [6.07, 6.45) is -3.97. The summed E-state index contributed by atoms with van der Waals surface area (Å²) in [6.45, 7) is -0.479. The first-order valence-corrected chi connectivity index (χ1v) is 7.58. The van der Waals surface area contributed by atoms with E-state index in [0.717, 1.165) is 12.1 Å². The molecular weight excluding hydrogens is 350 g/mol. The molecule has 1 aromatic rings. The highest BCUT2D eigenvalue weighted by Gasteiger charge is 2.42. The number of rotatable bonds is 8. The molecule has 23 heavy (non-hydrogen) atoms. The molecule has 0 aliphatic rings. The lowest BCUT2D eigenvalue weighted by Gasteiger charge is -2.15. The van der Waals surface area contributed by atoms with Crippen LogP contribution in [0.4, 0.5) is 29.1 Å². The summed E-state index contributed by atoms with van der Waals surface area (Å²) in [6, 6.07) is 1.53. The second kappa shape index (κ2) is 6.93. The first-order valence-electron chi connectivity index (χ1n) is 5.93. The Labute approximate surface area is 127 Å². The molecule has 0 spiro atoms. The fraction of sp³-hybridized carbons (Fsp3) is 0.500. The van der Waals surface area contributed by atoms with Gasteiger partial charge >= 0.3 is 18.0 Å². The maximum Gasteiger partial charge on any atom is 0.340 e. The van der Waals surface area contributed by atoms with Gasteiger partial charge in [-0.2, -0.15) is 13.8 Å². The minimum absolute atomic E-state index is 0.430. The topological polar surface area (TPSA) is 111 Å². The summed E-state index contributed by atoms with van der Waals surface area (Å²) in [5.74, 6) is -6.33. The molecule has 8 nitrogen and oxygen atoms in total. The quantitative estimate of drug-likeness (QED) is 0.431. The molecule has 1 aromatic heterocycles. The van der Waals surface area contributed by atoms with Gasteiger partial charge in [-0.05, 0) is 6.92 Å². The molecule has 1 N–H and O–H groups in total. The molecular formula is C10H11F4N3O5S. The van der Waals surface area contributed by atoms with Crippen molar-refractivity contribution in [3.8, 4) is 5.88 Å². The lowest BCUT2D eigenvalue weighted by Crippen LogP contribution is -2.34. The van der Waals surface area contributed by atoms with Crippen molar-refractivity contribution in [1.29, 1.82) is 0 Å². The van der Waals surface area contributed by atoms with E-state index in [2.05, 4.69) is 9.72 Å². The van der Waals surface area contributed by atoms with Crippen LogP contribution in [0.15, 0.2) is 12.1 Å². The van der Waals surface area contributed by atoms with Gasteiger partial charge in [-0.15, -0.1) is 0 Å². The standard InChI is InChI=1S/C10H11F4N3O5S/c1-2-23(20,21)16-8-6(17(18)19)3-4-7(15-8)22-5-10(13,14)9(11)12/h3-4,9H,2,5H2,1H3,(H,15,16). The third-order valence-corrected chi connectivity index (χ3v) is 3.67. The Morgan fingerprint density at radius 2 is 2.04 bits per heavy atom. The van der Waals surface area contributed by atoms with Gasteiger partial charge in [0.25, 0.3) is 0 Å². The van der Waals surface area contributed by atoms with Gasteiger partial charge in [0.2, 0.25) is 21.7 Å². The van der Waals surface area contributed by atoms with E-state index in [-0.39, 0.29) is 0 Å². The van der Waals surface area contributed by atoms with Crippen LogP contribution in [0.5, 0.6) is 5.88 Å². The van der Waals surface area contributed by atoms with Crippen molar-refractivity contribution in [2.24, 2.45) is 0 Å². The number of anilines is 1. The number of hydrogen-bond acceptors (Lipinski definition) is 6. The van der Waals surface area contributed by atoms with Crippen LogP contribution in [0, 0.1) is 10.1 Å². The number of halogens is 4. The van der Waals surface area contributed by atoms with E-state index in [1.54, 1.807) is 4.72 Å². The molecule has 0 aliphatic heterocycles. The van der Waals surface area contributed by atoms with Crippen LogP contribution in [-0.4, -0.2) is 43.0 Å². The number of nitrogens with zero attached hydrogens (tertiary/aromatic N) is 2. The maximum atomic E-state index is 12.7. The number of hydrogen-bond donors (Lipinski definition) is 1. The van der Waals surface area contributed by atoms with Crippen LogP contribution in [0.3, 0.4) is 0 Å². The van der Waals surface area contributed by atoms with Crippen LogP contribution in [0.2, 0.25) is 0 Å². The van der Waals surface area contributed by atoms with E-state index in [9.17, 15) is 36.1 Å². The molecule has 0 radical (unpaired) electrons. The van der Waals surface area contributed by atoms with E-state index in [4.69, 9.17) is 0 Å². The monoisotopic (exact) mass is 361 g/mol. The molecule has 13 heteroatoms. The number of nitro groups is 1. The molecule has 0 atom stereocenters. The molecule has 0 amide bonds. The highest BCUT2D eigenvalue weighted by Crippen LogP contribution is 2.28. The molecule has 0 aliphatic carbocycles. The third-order valence-electron chi connectivity index (χ3n) is 2.41. The minimum atomic E-state index is -4.45. The van der Waals surface area contributed by atoms with Crippen molar-refractivity contribution in [3.63, 3.8) is 0 Å². The van der Waals surface area contributed by atoms with E-state index >= 15 is 0 Å². The minimum Gasteiger partial charge on any atom is -0.471 e. The van der Waals surface area contributed by atoms with Gasteiger partial charge in [0.05, 0.1) is 10.7 Å². The summed E-state index contributed by atoms with van der Waals surface area (Å²) in [5.41, 5.74) is -0.755. The van der Waals surface area contributed by atoms with E-state index in [1.165, 1.54) is 6.92 Å². The lowest BCUT2D eigenvalue weighted by atomic mass is 10.3. The van der Waals surface area contributed by atoms with Gasteiger partial charge in [0.1, 0.15) is 0 Å². The Hall–Kier alpha value is -2.18. The fourth-order valence-corrected chi connectivity index (χ4v) is 1.78. The normalized spacial score (nSPS) is 12.3. The zero-order valence-corrected chi connectivity index (χ0v) is 12.3. The summed E-state index contributed by atoms with van der Waals surface area (Å²) in [5, 5.41) is 10.8. The first kappa shape index (κ1) is 18.9. The molecule has 0 aromatic carbocycles. The summed E-state index contributed by atoms with van der Waals surface area (Å²) >= 11 is 0. The molecule has 0 unspecified atom stereocenters. The van der Waals surface area contributed by atoms with Crippen LogP contribution >= 0.6 is 0 Å². The van der Waals surface area contributed by atoms with E-state index < -0.39 is 57.0 Å². The second-order valence-corrected chi connectivity index (χ2v) is 6.14. The summed E-state index contributed by atoms with van der Waals surface area (Å²) in [7, 11) is -3.94. The number of ether oxygens (including phenoxy) is 1. The number of nitrogens with one attached hydrogen (secondary N) is 1. The number of alkyl halides is 4. The van der Waals surface area contributed by atoms with Crippen molar-refractivity contribution in [2.75, 3.05) is 17.1 Å². The van der Waals surface area contributed by atoms with Crippen LogP contribution in [0.1, 0.15) is 6.92 Å². The molecule has 1 rings (SSSR count). The molecule has 0 fully saturated rings. The SMILES string of the molecule is CCS(=O)(=O)Nc1nc(OCC(F)(F)C(F)F)ccc1[N+](=O)[O-]. The fourth-order valence-electron chi connectivity index (χ4n) is 1.19. The predicted octanol–water partition coefficient (Wildman–Crippen LogP) is 2.03. The van der Waals surface area contributed by atoms with Crippen LogP contribution in [0.25, 0.3) is 0 Å². The van der Waals surface area contributed by atoms with Gasteiger partial charge in [-0.1, -0.05) is 0 Å². The lowest BCUT2D eigenvalue weighted by molar-refractivity contribution is -0.384. The van der Waals surface area contributed by atoms with Crippen molar-refractivity contribution < 1.29 is 35.6 Å². The molecule has 130 valence electrons. The average Bonchev–Trinajstić information content (AvgIpc) is 2.44. The number of aromatic nitrogens is 1. The van der Waals surface area contributed by atoms with Crippen molar-refractivity contribution in [1.82, 2.24) is 4.98 Å². The Kier molecular flexibility index (Phi) is 5.69. The van der Waals surface area contributed by atoms with Gasteiger partial charge in [-0.25, -0.2) is 17.2 Å². The molecule has 0 bridgehead atoms. The summed E-state index contributed by atoms with van der Waals surface area (Å²) < 4.78 is 78.5. The van der Waals surface area contributed by atoms with Gasteiger partial charge in [0.15, 0.2) is 6.61 Å². The molecule has 1 heterocycles. The van der Waals surface area contributed by atoms with Gasteiger partial charge in [0, 0.05) is 12.1 Å². The highest BCUT2D eigenvalue weighted by molar-refractivity contribution is 7.92. The third kappa shape index (κ3) is 5.19. The Morgan fingerprint density at radius 1 is 1.43 bits per heavy atom.